The molecule has 7 nitrogen and oxygen atoms in total. The van der Waals surface area contributed by atoms with Gasteiger partial charge in [0.2, 0.25) is 5.90 Å². The molecule has 28 heavy (non-hydrogen) atoms. The highest BCUT2D eigenvalue weighted by atomic mass is 32.2. The second kappa shape index (κ2) is 8.11. The van der Waals surface area contributed by atoms with E-state index in [0.29, 0.717) is 25.1 Å². The summed E-state index contributed by atoms with van der Waals surface area (Å²) in [6, 6.07) is 6.78. The monoisotopic (exact) mass is 408 g/mol. The number of carbonyl (C=O) groups is 1. The molecule has 0 bridgehead atoms. The van der Waals surface area contributed by atoms with E-state index in [1.165, 1.54) is 6.07 Å². The van der Waals surface area contributed by atoms with Gasteiger partial charge in [-0.25, -0.2) is 4.79 Å². The van der Waals surface area contributed by atoms with Crippen LogP contribution in [0.2, 0.25) is 0 Å². The molecule has 2 aliphatic rings. The summed E-state index contributed by atoms with van der Waals surface area (Å²) in [6.07, 6.45) is 4.22. The van der Waals surface area contributed by atoms with E-state index in [9.17, 15) is 13.2 Å². The number of piperidine rings is 1. The Labute approximate surface area is 166 Å². The Morgan fingerprint density at radius 1 is 1.25 bits per heavy atom. The lowest BCUT2D eigenvalue weighted by Crippen LogP contribution is -2.46. The number of nitrogens with zero attached hydrogens (tertiary/aromatic N) is 2. The van der Waals surface area contributed by atoms with Crippen LogP contribution >= 0.6 is 0 Å². The Bertz CT molecular complexity index is 858. The lowest BCUT2D eigenvalue weighted by atomic mass is 9.98. The van der Waals surface area contributed by atoms with Crippen molar-refractivity contribution in [3.63, 3.8) is 0 Å². The number of sulfonamides is 1. The van der Waals surface area contributed by atoms with Gasteiger partial charge < -0.3 is 14.4 Å². The minimum absolute atomic E-state index is 0.119. The first kappa shape index (κ1) is 20.6. The maximum absolute atomic E-state index is 12.5. The van der Waals surface area contributed by atoms with Crippen molar-refractivity contribution >= 4 is 22.0 Å². The van der Waals surface area contributed by atoms with Gasteiger partial charge in [-0.2, -0.15) is 8.42 Å². The number of fused-ring (bicyclic) bond motifs is 1. The van der Waals surface area contributed by atoms with Crippen molar-refractivity contribution in [3.05, 3.63) is 29.8 Å². The quantitative estimate of drug-likeness (QED) is 0.709. The standard InChI is InChI=1S/C20H28N2O5S/c1-20(2,3)27-19(23)22-13-7-6-9-15(22)10-8-14-26-18-16-11-4-5-12-17(16)28(24,25)21-18/h4-5,11-12,15H,6-10,13-14H2,1-3H3/t15-/m0/s1. The van der Waals surface area contributed by atoms with Crippen LogP contribution < -0.4 is 0 Å². The van der Waals surface area contributed by atoms with Crippen LogP contribution in [0.1, 0.15) is 58.4 Å². The fourth-order valence-electron chi connectivity index (χ4n) is 3.53. The molecule has 3 rings (SSSR count). The molecule has 154 valence electrons. The highest BCUT2D eigenvalue weighted by Crippen LogP contribution is 2.27. The Hall–Kier alpha value is -2.09. The molecule has 2 aliphatic heterocycles. The second-order valence-corrected chi connectivity index (χ2v) is 9.75. The summed E-state index contributed by atoms with van der Waals surface area (Å²) in [5.41, 5.74) is -0.00244. The van der Waals surface area contributed by atoms with E-state index in [2.05, 4.69) is 4.40 Å². The number of rotatable bonds is 4. The maximum Gasteiger partial charge on any atom is 0.410 e. The Morgan fingerprint density at radius 2 is 2.00 bits per heavy atom. The van der Waals surface area contributed by atoms with Gasteiger partial charge in [0.25, 0.3) is 10.0 Å². The zero-order valence-electron chi connectivity index (χ0n) is 16.7. The predicted molar refractivity (Wildman–Crippen MR) is 106 cm³/mol. The van der Waals surface area contributed by atoms with Crippen molar-refractivity contribution in [2.45, 2.75) is 69.4 Å². The van der Waals surface area contributed by atoms with E-state index >= 15 is 0 Å². The van der Waals surface area contributed by atoms with Crippen molar-refractivity contribution in [2.24, 2.45) is 4.40 Å². The minimum Gasteiger partial charge on any atom is -0.477 e. The Morgan fingerprint density at radius 3 is 2.75 bits per heavy atom. The molecular formula is C20H28N2O5S. The highest BCUT2D eigenvalue weighted by Gasteiger charge is 2.31. The fourth-order valence-corrected chi connectivity index (χ4v) is 4.68. The van der Waals surface area contributed by atoms with Crippen LogP contribution in [0.15, 0.2) is 33.6 Å². The van der Waals surface area contributed by atoms with Crippen molar-refractivity contribution in [2.75, 3.05) is 13.2 Å². The van der Waals surface area contributed by atoms with Crippen molar-refractivity contribution in [3.8, 4) is 0 Å². The number of likely N-dealkylation sites (tertiary alicyclic amines) is 1. The molecule has 0 saturated carbocycles. The summed E-state index contributed by atoms with van der Waals surface area (Å²) < 4.78 is 39.0. The molecule has 0 aliphatic carbocycles. The normalized spacial score (nSPS) is 21.0. The molecule has 1 saturated heterocycles. The van der Waals surface area contributed by atoms with Crippen LogP contribution in [-0.4, -0.2) is 50.1 Å². The zero-order valence-corrected chi connectivity index (χ0v) is 17.5. The summed E-state index contributed by atoms with van der Waals surface area (Å²) in [4.78, 5) is 14.5. The van der Waals surface area contributed by atoms with E-state index in [1.807, 2.05) is 25.7 Å². The number of hydrogen-bond acceptors (Lipinski definition) is 5. The van der Waals surface area contributed by atoms with Gasteiger partial charge in [0.1, 0.15) is 10.5 Å². The van der Waals surface area contributed by atoms with Crippen LogP contribution in [0.4, 0.5) is 4.79 Å². The smallest absolute Gasteiger partial charge is 0.410 e. The SMILES string of the molecule is CC(C)(C)OC(=O)N1CCCC[C@H]1CCCOC1=NS(=O)(=O)c2ccccc21. The molecule has 0 radical (unpaired) electrons. The molecule has 1 aromatic carbocycles. The summed E-state index contributed by atoms with van der Waals surface area (Å²) in [5, 5.41) is 0. The molecule has 0 spiro atoms. The van der Waals surface area contributed by atoms with E-state index in [-0.39, 0.29) is 22.9 Å². The van der Waals surface area contributed by atoms with Crippen LogP contribution in [0.25, 0.3) is 0 Å². The maximum atomic E-state index is 12.5. The first-order chi connectivity index (χ1) is 13.2. The minimum atomic E-state index is -3.66. The van der Waals surface area contributed by atoms with Crippen LogP contribution in [0, 0.1) is 0 Å². The van der Waals surface area contributed by atoms with Gasteiger partial charge in [-0.3, -0.25) is 0 Å². The Kier molecular flexibility index (Phi) is 5.98. The van der Waals surface area contributed by atoms with E-state index in [4.69, 9.17) is 9.47 Å². The van der Waals surface area contributed by atoms with Gasteiger partial charge in [0.15, 0.2) is 0 Å². The number of ether oxygens (including phenoxy) is 2. The molecule has 1 atom stereocenters. The summed E-state index contributed by atoms with van der Waals surface area (Å²) in [6.45, 7) is 6.66. The van der Waals surface area contributed by atoms with Crippen LogP contribution in [0.5, 0.6) is 0 Å². The molecule has 8 heteroatoms. The zero-order chi connectivity index (χ0) is 20.4. The average Bonchev–Trinajstić information content (AvgIpc) is 2.88. The fraction of sp³-hybridized carbons (Fsp3) is 0.600. The van der Waals surface area contributed by atoms with Gasteiger partial charge in [0, 0.05) is 12.6 Å². The number of benzene rings is 1. The van der Waals surface area contributed by atoms with E-state index < -0.39 is 15.6 Å². The van der Waals surface area contributed by atoms with Gasteiger partial charge in [-0.1, -0.05) is 12.1 Å². The lowest BCUT2D eigenvalue weighted by Gasteiger charge is -2.36. The summed E-state index contributed by atoms with van der Waals surface area (Å²) in [7, 11) is -3.66. The third-order valence-corrected chi connectivity index (χ3v) is 6.09. The molecule has 1 aromatic rings. The van der Waals surface area contributed by atoms with Gasteiger partial charge in [-0.05, 0) is 65.0 Å². The third-order valence-electron chi connectivity index (χ3n) is 4.77. The van der Waals surface area contributed by atoms with E-state index in [1.54, 1.807) is 18.2 Å². The summed E-state index contributed by atoms with van der Waals surface area (Å²) in [5.74, 6) is 0.156. The average molecular weight is 409 g/mol. The molecule has 0 unspecified atom stereocenters. The van der Waals surface area contributed by atoms with Gasteiger partial charge >= 0.3 is 6.09 Å². The van der Waals surface area contributed by atoms with Crippen molar-refractivity contribution in [1.82, 2.24) is 4.90 Å². The van der Waals surface area contributed by atoms with Gasteiger partial charge in [0.05, 0.1) is 12.2 Å². The number of carbonyl (C=O) groups excluding carboxylic acids is 1. The van der Waals surface area contributed by atoms with Crippen molar-refractivity contribution in [1.29, 1.82) is 0 Å². The topological polar surface area (TPSA) is 85.3 Å². The molecule has 0 aromatic heterocycles. The number of hydrogen-bond donors (Lipinski definition) is 0. The van der Waals surface area contributed by atoms with Crippen LogP contribution in [0.3, 0.4) is 0 Å². The third kappa shape index (κ3) is 4.84. The molecule has 0 N–H and O–H groups in total. The van der Waals surface area contributed by atoms with Crippen molar-refractivity contribution < 1.29 is 22.7 Å². The second-order valence-electron chi connectivity index (χ2n) is 8.18. The van der Waals surface area contributed by atoms with Crippen LogP contribution in [-0.2, 0) is 19.5 Å². The molecule has 1 amide bonds. The number of amides is 1. The first-order valence-electron chi connectivity index (χ1n) is 9.74. The first-order valence-corrected chi connectivity index (χ1v) is 11.2. The summed E-state index contributed by atoms with van der Waals surface area (Å²) >= 11 is 0. The Balaban J connectivity index is 1.54. The van der Waals surface area contributed by atoms with E-state index in [0.717, 1.165) is 25.7 Å². The molecule has 2 heterocycles. The largest absolute Gasteiger partial charge is 0.477 e. The van der Waals surface area contributed by atoms with Gasteiger partial charge in [-0.15, -0.1) is 4.40 Å². The highest BCUT2D eigenvalue weighted by molar-refractivity contribution is 7.90. The molecular weight excluding hydrogens is 380 g/mol. The lowest BCUT2D eigenvalue weighted by molar-refractivity contribution is 0.00818. The molecule has 1 fully saturated rings. The predicted octanol–water partition coefficient (Wildman–Crippen LogP) is 3.72.